The van der Waals surface area contributed by atoms with Crippen molar-refractivity contribution >= 4 is 11.0 Å². The Bertz CT molecular complexity index is 775. The maximum Gasteiger partial charge on any atom is 0.143 e. The summed E-state index contributed by atoms with van der Waals surface area (Å²) in [5.74, 6) is 1.01. The van der Waals surface area contributed by atoms with Crippen LogP contribution >= 0.6 is 0 Å². The Labute approximate surface area is 136 Å². The quantitative estimate of drug-likeness (QED) is 0.785. The molecule has 2 fully saturated rings. The highest BCUT2D eigenvalue weighted by Crippen LogP contribution is 2.55. The number of phenolic OH excluding ortho intramolecular Hbond substituents is 1. The maximum absolute atomic E-state index is 10.6. The predicted octanol–water partition coefficient (Wildman–Crippen LogP) is 3.07. The fourth-order valence-electron chi connectivity index (χ4n) is 5.72. The van der Waals surface area contributed by atoms with Crippen molar-refractivity contribution < 1.29 is 5.11 Å². The van der Waals surface area contributed by atoms with Crippen molar-refractivity contribution in [3.05, 3.63) is 29.6 Å². The molecule has 1 unspecified atom stereocenters. The summed E-state index contributed by atoms with van der Waals surface area (Å²) in [4.78, 5) is 8.97. The van der Waals surface area contributed by atoms with Crippen molar-refractivity contribution in [2.45, 2.75) is 56.4 Å². The van der Waals surface area contributed by atoms with Crippen LogP contribution in [0.4, 0.5) is 0 Å². The third-order valence-corrected chi connectivity index (χ3v) is 6.58. The number of hydrogen-bond acceptors (Lipinski definition) is 4. The summed E-state index contributed by atoms with van der Waals surface area (Å²) in [5.41, 5.74) is 4.53. The lowest BCUT2D eigenvalue weighted by atomic mass is 9.54. The number of aromatic nitrogens is 2. The van der Waals surface area contributed by atoms with Crippen molar-refractivity contribution in [2.24, 2.45) is 5.92 Å². The smallest absolute Gasteiger partial charge is 0.143 e. The molecule has 2 heterocycles. The molecule has 1 saturated carbocycles. The number of benzene rings is 1. The summed E-state index contributed by atoms with van der Waals surface area (Å²) in [6.45, 7) is 1.12. The van der Waals surface area contributed by atoms with Crippen LogP contribution in [-0.4, -0.2) is 27.7 Å². The number of rotatable bonds is 0. The highest BCUT2D eigenvalue weighted by molar-refractivity contribution is 5.85. The molecule has 4 nitrogen and oxygen atoms in total. The second-order valence-corrected chi connectivity index (χ2v) is 7.55. The number of nitrogens with one attached hydrogen (secondary N) is 1. The second kappa shape index (κ2) is 4.91. The number of phenols is 1. The van der Waals surface area contributed by atoms with E-state index >= 15 is 0 Å². The molecule has 4 heteroatoms. The van der Waals surface area contributed by atoms with Gasteiger partial charge < -0.3 is 10.4 Å². The van der Waals surface area contributed by atoms with Gasteiger partial charge in [0.15, 0.2) is 0 Å². The summed E-state index contributed by atoms with van der Waals surface area (Å²) in [7, 11) is 0. The van der Waals surface area contributed by atoms with Crippen LogP contribution in [0.5, 0.6) is 5.75 Å². The minimum Gasteiger partial charge on any atom is -0.506 e. The standard InChI is InChI=1S/C19H23N3O/c23-16-11-14-12(17-18(16)22-9-8-21-17)10-15-13-4-1-2-5-19(13,14)6-3-7-20-15/h8-9,11,13,15,20,23H,1-7,10H2/t13?,15-,19-/m0/s1. The van der Waals surface area contributed by atoms with E-state index in [9.17, 15) is 5.11 Å². The molecule has 0 amide bonds. The Kier molecular flexibility index (Phi) is 2.93. The molecule has 1 saturated heterocycles. The van der Waals surface area contributed by atoms with Crippen LogP contribution in [0.1, 0.15) is 49.7 Å². The van der Waals surface area contributed by atoms with Gasteiger partial charge >= 0.3 is 0 Å². The van der Waals surface area contributed by atoms with Crippen molar-refractivity contribution in [1.29, 1.82) is 0 Å². The zero-order valence-corrected chi connectivity index (χ0v) is 13.4. The molecule has 1 aromatic carbocycles. The van der Waals surface area contributed by atoms with Gasteiger partial charge in [-0.2, -0.15) is 0 Å². The van der Waals surface area contributed by atoms with Crippen LogP contribution in [-0.2, 0) is 11.8 Å². The fraction of sp³-hybridized carbons (Fsp3) is 0.579. The van der Waals surface area contributed by atoms with Crippen molar-refractivity contribution in [3.8, 4) is 5.75 Å². The molecular formula is C19H23N3O. The van der Waals surface area contributed by atoms with E-state index in [0.717, 1.165) is 18.5 Å². The minimum absolute atomic E-state index is 0.239. The van der Waals surface area contributed by atoms with E-state index in [4.69, 9.17) is 0 Å². The SMILES string of the molecule is Oc1cc2c(c3nccnc13)C[C@@H]1NCCC[C@]23CCCCC13. The van der Waals surface area contributed by atoms with Crippen molar-refractivity contribution in [1.82, 2.24) is 15.3 Å². The molecule has 120 valence electrons. The Hall–Kier alpha value is -1.68. The molecule has 23 heavy (non-hydrogen) atoms. The molecule has 3 atom stereocenters. The van der Waals surface area contributed by atoms with Gasteiger partial charge in [-0.05, 0) is 61.8 Å². The van der Waals surface area contributed by atoms with Gasteiger partial charge in [-0.25, -0.2) is 4.98 Å². The molecule has 0 radical (unpaired) electrons. The van der Waals surface area contributed by atoms with E-state index in [1.54, 1.807) is 12.4 Å². The van der Waals surface area contributed by atoms with E-state index in [2.05, 4.69) is 15.3 Å². The average Bonchev–Trinajstić information content (AvgIpc) is 2.73. The van der Waals surface area contributed by atoms with Gasteiger partial charge in [-0.15, -0.1) is 0 Å². The Balaban J connectivity index is 1.82. The van der Waals surface area contributed by atoms with Gasteiger partial charge in [0.25, 0.3) is 0 Å². The number of nitrogens with zero attached hydrogens (tertiary/aromatic N) is 2. The average molecular weight is 309 g/mol. The summed E-state index contributed by atoms with van der Waals surface area (Å²) < 4.78 is 0. The topological polar surface area (TPSA) is 58.0 Å². The molecule has 2 bridgehead atoms. The van der Waals surface area contributed by atoms with Crippen LogP contribution in [0.15, 0.2) is 18.5 Å². The number of fused-ring (bicyclic) bond motifs is 3. The van der Waals surface area contributed by atoms with Gasteiger partial charge in [0.1, 0.15) is 11.3 Å². The molecule has 3 aliphatic rings. The maximum atomic E-state index is 10.6. The first-order chi connectivity index (χ1) is 11.3. The van der Waals surface area contributed by atoms with Crippen LogP contribution in [0.3, 0.4) is 0 Å². The van der Waals surface area contributed by atoms with Gasteiger partial charge in [0.05, 0.1) is 5.52 Å². The van der Waals surface area contributed by atoms with Gasteiger partial charge in [0, 0.05) is 23.9 Å². The molecule has 2 N–H and O–H groups in total. The van der Waals surface area contributed by atoms with Crippen LogP contribution in [0.2, 0.25) is 0 Å². The lowest BCUT2D eigenvalue weighted by Crippen LogP contribution is -2.52. The lowest BCUT2D eigenvalue weighted by molar-refractivity contribution is 0.131. The molecule has 0 spiro atoms. The highest BCUT2D eigenvalue weighted by atomic mass is 16.3. The lowest BCUT2D eigenvalue weighted by Gasteiger charge is -2.51. The van der Waals surface area contributed by atoms with E-state index in [-0.39, 0.29) is 5.41 Å². The minimum atomic E-state index is 0.239. The molecule has 2 aromatic rings. The predicted molar refractivity (Wildman–Crippen MR) is 89.6 cm³/mol. The summed E-state index contributed by atoms with van der Waals surface area (Å²) in [5, 5.41) is 14.4. The Morgan fingerprint density at radius 3 is 2.83 bits per heavy atom. The van der Waals surface area contributed by atoms with Crippen LogP contribution < -0.4 is 5.32 Å². The van der Waals surface area contributed by atoms with Gasteiger partial charge in [-0.1, -0.05) is 12.8 Å². The van der Waals surface area contributed by atoms with Crippen LogP contribution in [0.25, 0.3) is 11.0 Å². The Morgan fingerprint density at radius 1 is 1.09 bits per heavy atom. The first kappa shape index (κ1) is 13.7. The van der Waals surface area contributed by atoms with Crippen molar-refractivity contribution in [2.75, 3.05) is 6.54 Å². The van der Waals surface area contributed by atoms with E-state index in [1.807, 2.05) is 6.07 Å². The zero-order valence-electron chi connectivity index (χ0n) is 13.4. The summed E-state index contributed by atoms with van der Waals surface area (Å²) in [6, 6.07) is 2.59. The number of aromatic hydroxyl groups is 1. The van der Waals surface area contributed by atoms with E-state index < -0.39 is 0 Å². The van der Waals surface area contributed by atoms with Gasteiger partial charge in [-0.3, -0.25) is 4.98 Å². The highest BCUT2D eigenvalue weighted by Gasteiger charge is 2.51. The largest absolute Gasteiger partial charge is 0.506 e. The third-order valence-electron chi connectivity index (χ3n) is 6.58. The monoisotopic (exact) mass is 309 g/mol. The third kappa shape index (κ3) is 1.81. The summed E-state index contributed by atoms with van der Waals surface area (Å²) in [6.07, 6.45) is 12.1. The fourth-order valence-corrected chi connectivity index (χ4v) is 5.72. The molecule has 1 aromatic heterocycles. The Morgan fingerprint density at radius 2 is 1.91 bits per heavy atom. The normalized spacial score (nSPS) is 32.9. The number of hydrogen-bond donors (Lipinski definition) is 2. The van der Waals surface area contributed by atoms with Gasteiger partial charge in [0.2, 0.25) is 0 Å². The summed E-state index contributed by atoms with van der Waals surface area (Å²) >= 11 is 0. The first-order valence-electron chi connectivity index (χ1n) is 8.99. The van der Waals surface area contributed by atoms with Crippen LogP contribution in [0, 0.1) is 5.92 Å². The molecular weight excluding hydrogens is 286 g/mol. The molecule has 2 aliphatic carbocycles. The second-order valence-electron chi connectivity index (χ2n) is 7.55. The molecule has 1 aliphatic heterocycles. The van der Waals surface area contributed by atoms with E-state index in [0.29, 0.717) is 23.2 Å². The first-order valence-corrected chi connectivity index (χ1v) is 8.99. The van der Waals surface area contributed by atoms with Crippen molar-refractivity contribution in [3.63, 3.8) is 0 Å². The molecule has 5 rings (SSSR count). The zero-order chi connectivity index (χ0) is 15.4. The van der Waals surface area contributed by atoms with E-state index in [1.165, 1.54) is 49.7 Å².